The van der Waals surface area contributed by atoms with Crippen LogP contribution < -0.4 is 16.3 Å². The van der Waals surface area contributed by atoms with Gasteiger partial charge >= 0.3 is 5.97 Å². The van der Waals surface area contributed by atoms with E-state index in [4.69, 9.17) is 5.11 Å². The van der Waals surface area contributed by atoms with E-state index in [0.29, 0.717) is 11.1 Å². The van der Waals surface area contributed by atoms with E-state index in [9.17, 15) is 29.6 Å². The fraction of sp³-hybridized carbons (Fsp3) is 0.273. The second kappa shape index (κ2) is 12.9. The Kier molecular flexibility index (Phi) is 9.96. The molecule has 0 aliphatic rings. The molecule has 11 nitrogen and oxygen atoms in total. The summed E-state index contributed by atoms with van der Waals surface area (Å²) in [6, 6.07) is 15.1. The molecule has 0 bridgehead atoms. The van der Waals surface area contributed by atoms with Crippen molar-refractivity contribution in [2.75, 3.05) is 13.1 Å². The zero-order chi connectivity index (χ0) is 24.2. The van der Waals surface area contributed by atoms with Crippen molar-refractivity contribution in [2.45, 2.75) is 24.9 Å². The maximum absolute atomic E-state index is 12.7. The number of hydroxylamine groups is 2. The van der Waals surface area contributed by atoms with Crippen LogP contribution in [0, 0.1) is 0 Å². The van der Waals surface area contributed by atoms with E-state index >= 15 is 0 Å². The number of hydrogen-bond acceptors (Lipinski definition) is 7. The van der Waals surface area contributed by atoms with Gasteiger partial charge in [0.25, 0.3) is 11.8 Å². The summed E-state index contributed by atoms with van der Waals surface area (Å²) in [7, 11) is 0. The maximum Gasteiger partial charge on any atom is 0.322 e. The van der Waals surface area contributed by atoms with Gasteiger partial charge in [-0.05, 0) is 24.0 Å². The van der Waals surface area contributed by atoms with E-state index < -0.39 is 48.9 Å². The molecule has 2 aromatic carbocycles. The van der Waals surface area contributed by atoms with Gasteiger partial charge in [-0.15, -0.1) is 0 Å². The quantitative estimate of drug-likeness (QED) is 0.186. The number of hydrogen-bond donors (Lipinski definition) is 6. The number of rotatable bonds is 12. The molecule has 0 spiro atoms. The molecule has 0 heterocycles. The highest BCUT2D eigenvalue weighted by molar-refractivity contribution is 5.88. The Morgan fingerprint density at radius 3 is 1.55 bits per heavy atom. The molecule has 3 amide bonds. The highest BCUT2D eigenvalue weighted by Gasteiger charge is 2.37. The number of aliphatic carboxylic acids is 1. The van der Waals surface area contributed by atoms with Crippen LogP contribution in [0.3, 0.4) is 0 Å². The van der Waals surface area contributed by atoms with Crippen LogP contribution in [0.1, 0.15) is 11.1 Å². The van der Waals surface area contributed by atoms with Crippen LogP contribution in [0.25, 0.3) is 0 Å². The van der Waals surface area contributed by atoms with Gasteiger partial charge in [0.05, 0.1) is 18.6 Å². The van der Waals surface area contributed by atoms with Gasteiger partial charge in [-0.3, -0.25) is 34.5 Å². The lowest BCUT2D eigenvalue weighted by atomic mass is 9.98. The molecule has 33 heavy (non-hydrogen) atoms. The SMILES string of the molecule is O=C(O)CNC(=O)CN(C(Cc1ccccc1)C(=O)NO)C(Cc1ccccc1)C(=O)NO. The lowest BCUT2D eigenvalue weighted by molar-refractivity contribution is -0.144. The third kappa shape index (κ3) is 8.00. The van der Waals surface area contributed by atoms with E-state index in [1.807, 2.05) is 0 Å². The Hall–Kier alpha value is -3.80. The van der Waals surface area contributed by atoms with E-state index in [0.717, 1.165) is 0 Å². The van der Waals surface area contributed by atoms with Crippen molar-refractivity contribution < 1.29 is 34.7 Å². The van der Waals surface area contributed by atoms with Crippen LogP contribution in [0.5, 0.6) is 0 Å². The highest BCUT2D eigenvalue weighted by atomic mass is 16.5. The molecule has 0 saturated heterocycles. The summed E-state index contributed by atoms with van der Waals surface area (Å²) in [5, 5.41) is 29.7. The van der Waals surface area contributed by atoms with Crippen molar-refractivity contribution in [3.8, 4) is 0 Å². The smallest absolute Gasteiger partial charge is 0.322 e. The number of carbonyl (C=O) groups is 4. The van der Waals surface area contributed by atoms with Crippen molar-refractivity contribution in [1.29, 1.82) is 0 Å². The molecule has 176 valence electrons. The van der Waals surface area contributed by atoms with Crippen molar-refractivity contribution in [1.82, 2.24) is 21.2 Å². The van der Waals surface area contributed by atoms with Gasteiger partial charge < -0.3 is 10.4 Å². The topological polar surface area (TPSA) is 168 Å². The van der Waals surface area contributed by atoms with Gasteiger partial charge in [-0.1, -0.05) is 60.7 Å². The molecule has 0 aliphatic heterocycles. The lowest BCUT2D eigenvalue weighted by Crippen LogP contribution is -2.59. The standard InChI is InChI=1S/C22H26N4O7/c27-19(23-13-20(28)29)14-26(17(21(30)24-32)11-15-7-3-1-4-8-15)18(22(31)25-33)12-16-9-5-2-6-10-16/h1-10,17-18,32-33H,11-14H2,(H,23,27)(H,24,30)(H,25,31)(H,28,29). The molecule has 0 saturated carbocycles. The van der Waals surface area contributed by atoms with Crippen LogP contribution in [-0.4, -0.2) is 69.3 Å². The normalized spacial score (nSPS) is 12.5. The fourth-order valence-corrected chi connectivity index (χ4v) is 3.38. The minimum Gasteiger partial charge on any atom is -0.480 e. The third-order valence-electron chi connectivity index (χ3n) is 4.93. The summed E-state index contributed by atoms with van der Waals surface area (Å²) in [6.45, 7) is -1.21. The van der Waals surface area contributed by atoms with Gasteiger partial charge in [-0.25, -0.2) is 11.0 Å². The molecular formula is C22H26N4O7. The number of nitrogens with zero attached hydrogens (tertiary/aromatic N) is 1. The lowest BCUT2D eigenvalue weighted by Gasteiger charge is -2.35. The number of amides is 3. The van der Waals surface area contributed by atoms with Gasteiger partial charge in [-0.2, -0.15) is 0 Å². The van der Waals surface area contributed by atoms with E-state index in [2.05, 4.69) is 5.32 Å². The summed E-state index contributed by atoms with van der Waals surface area (Å²) in [5.74, 6) is -3.79. The van der Waals surface area contributed by atoms with E-state index in [-0.39, 0.29) is 12.8 Å². The fourth-order valence-electron chi connectivity index (χ4n) is 3.38. The molecule has 0 aromatic heterocycles. The van der Waals surface area contributed by atoms with Crippen molar-refractivity contribution in [3.05, 3.63) is 71.8 Å². The van der Waals surface area contributed by atoms with Crippen LogP contribution in [0.15, 0.2) is 60.7 Å². The van der Waals surface area contributed by atoms with Gasteiger partial charge in [0.15, 0.2) is 0 Å². The number of benzene rings is 2. The van der Waals surface area contributed by atoms with E-state index in [1.54, 1.807) is 71.6 Å². The Bertz CT molecular complexity index is 879. The summed E-state index contributed by atoms with van der Waals surface area (Å²) < 4.78 is 0. The summed E-state index contributed by atoms with van der Waals surface area (Å²) in [4.78, 5) is 49.8. The van der Waals surface area contributed by atoms with Gasteiger partial charge in [0.1, 0.15) is 6.54 Å². The van der Waals surface area contributed by atoms with Crippen LogP contribution in [0.2, 0.25) is 0 Å². The first-order valence-corrected chi connectivity index (χ1v) is 10.1. The number of carbonyl (C=O) groups excluding carboxylic acids is 3. The first kappa shape index (κ1) is 25.5. The minimum atomic E-state index is -1.27. The molecule has 0 radical (unpaired) electrons. The molecule has 0 fully saturated rings. The number of nitrogens with one attached hydrogen (secondary N) is 3. The largest absolute Gasteiger partial charge is 0.480 e. The van der Waals surface area contributed by atoms with Crippen molar-refractivity contribution in [3.63, 3.8) is 0 Å². The Morgan fingerprint density at radius 2 is 1.18 bits per heavy atom. The zero-order valence-corrected chi connectivity index (χ0v) is 17.7. The molecular weight excluding hydrogens is 432 g/mol. The molecule has 0 aliphatic carbocycles. The molecule has 11 heteroatoms. The first-order chi connectivity index (χ1) is 15.8. The molecule has 2 rings (SSSR count). The summed E-state index contributed by atoms with van der Waals surface area (Å²) >= 11 is 0. The first-order valence-electron chi connectivity index (χ1n) is 10.1. The second-order valence-electron chi connectivity index (χ2n) is 7.21. The Balaban J connectivity index is 2.46. The predicted octanol–water partition coefficient (Wildman–Crippen LogP) is -0.277. The monoisotopic (exact) mass is 458 g/mol. The number of carboxylic acids is 1. The van der Waals surface area contributed by atoms with Crippen molar-refractivity contribution in [2.24, 2.45) is 0 Å². The maximum atomic E-state index is 12.7. The van der Waals surface area contributed by atoms with Gasteiger partial charge in [0, 0.05) is 0 Å². The molecule has 2 unspecified atom stereocenters. The summed E-state index contributed by atoms with van der Waals surface area (Å²) in [5.41, 5.74) is 4.50. The van der Waals surface area contributed by atoms with Crippen LogP contribution >= 0.6 is 0 Å². The second-order valence-corrected chi connectivity index (χ2v) is 7.21. The average molecular weight is 458 g/mol. The molecule has 2 aromatic rings. The molecule has 6 N–H and O–H groups in total. The minimum absolute atomic E-state index is 0.0173. The average Bonchev–Trinajstić information content (AvgIpc) is 2.83. The predicted molar refractivity (Wildman–Crippen MR) is 115 cm³/mol. The summed E-state index contributed by atoms with van der Waals surface area (Å²) in [6.07, 6.45) is 0.0346. The van der Waals surface area contributed by atoms with Crippen molar-refractivity contribution >= 4 is 23.7 Å². The Morgan fingerprint density at radius 1 is 0.758 bits per heavy atom. The van der Waals surface area contributed by atoms with Gasteiger partial charge in [0.2, 0.25) is 5.91 Å². The number of carboxylic acid groups (broad SMARTS) is 1. The van der Waals surface area contributed by atoms with Crippen LogP contribution in [0.4, 0.5) is 0 Å². The highest BCUT2D eigenvalue weighted by Crippen LogP contribution is 2.17. The Labute approximate surface area is 189 Å². The zero-order valence-electron chi connectivity index (χ0n) is 17.7. The van der Waals surface area contributed by atoms with Crippen LogP contribution in [-0.2, 0) is 32.0 Å². The van der Waals surface area contributed by atoms with E-state index in [1.165, 1.54) is 4.90 Å². The molecule has 2 atom stereocenters. The third-order valence-corrected chi connectivity index (χ3v) is 4.93.